The lowest BCUT2D eigenvalue weighted by atomic mass is 9.95. The van der Waals surface area contributed by atoms with Crippen LogP contribution < -0.4 is 20.2 Å². The molecule has 0 aliphatic heterocycles. The molecular formula is C30H29N3O7S. The third-order valence-electron chi connectivity index (χ3n) is 6.07. The fourth-order valence-electron chi connectivity index (χ4n) is 4.17. The molecule has 0 bridgehead atoms. The molecule has 2 aromatic carbocycles. The predicted octanol–water partition coefficient (Wildman–Crippen LogP) is 4.52. The molecule has 2 N–H and O–H groups in total. The van der Waals surface area contributed by atoms with Crippen molar-refractivity contribution in [2.75, 3.05) is 19.0 Å². The number of carbonyl (C=O) groups excluding carboxylic acids is 4. The second-order valence-corrected chi connectivity index (χ2v) is 9.97. The van der Waals surface area contributed by atoms with E-state index < -0.39 is 23.8 Å². The van der Waals surface area contributed by atoms with Gasteiger partial charge in [0.2, 0.25) is 0 Å². The van der Waals surface area contributed by atoms with Crippen molar-refractivity contribution in [2.45, 2.75) is 32.6 Å². The van der Waals surface area contributed by atoms with Gasteiger partial charge < -0.3 is 19.5 Å². The number of ether oxygens (including phenoxy) is 3. The first-order valence-corrected chi connectivity index (χ1v) is 13.8. The first kappa shape index (κ1) is 29.2. The Labute approximate surface area is 241 Å². The molecule has 41 heavy (non-hydrogen) atoms. The molecule has 2 amide bonds. The molecule has 1 aromatic heterocycles. The maximum atomic E-state index is 12.6. The summed E-state index contributed by atoms with van der Waals surface area (Å²) in [7, 11) is 1.42. The number of nitrogens with zero attached hydrogens (tertiary/aromatic N) is 1. The monoisotopic (exact) mass is 575 g/mol. The van der Waals surface area contributed by atoms with Crippen LogP contribution in [0.1, 0.15) is 51.7 Å². The van der Waals surface area contributed by atoms with Gasteiger partial charge in [-0.1, -0.05) is 30.3 Å². The van der Waals surface area contributed by atoms with Crippen LogP contribution in [0, 0.1) is 0 Å². The van der Waals surface area contributed by atoms with Crippen LogP contribution in [0.3, 0.4) is 0 Å². The normalized spacial score (nSPS) is 12.5. The fourth-order valence-corrected chi connectivity index (χ4v) is 5.44. The first-order chi connectivity index (χ1) is 19.9. The van der Waals surface area contributed by atoms with Gasteiger partial charge in [0.15, 0.2) is 11.5 Å². The van der Waals surface area contributed by atoms with Crippen molar-refractivity contribution in [3.8, 4) is 11.5 Å². The van der Waals surface area contributed by atoms with Crippen LogP contribution >= 0.6 is 11.3 Å². The lowest BCUT2D eigenvalue weighted by Crippen LogP contribution is -2.32. The van der Waals surface area contributed by atoms with Crippen LogP contribution in [0.25, 0.3) is 6.08 Å². The van der Waals surface area contributed by atoms with Gasteiger partial charge in [-0.15, -0.1) is 11.3 Å². The van der Waals surface area contributed by atoms with Crippen molar-refractivity contribution in [3.63, 3.8) is 0 Å². The summed E-state index contributed by atoms with van der Waals surface area (Å²) in [5.41, 5.74) is 4.74. The van der Waals surface area contributed by atoms with E-state index in [2.05, 4.69) is 15.8 Å². The molecule has 0 radical (unpaired) electrons. The zero-order chi connectivity index (χ0) is 29.2. The second-order valence-electron chi connectivity index (χ2n) is 8.86. The number of hydrazone groups is 1. The summed E-state index contributed by atoms with van der Waals surface area (Å²) >= 11 is 1.29. The van der Waals surface area contributed by atoms with Crippen LogP contribution in [-0.2, 0) is 32.0 Å². The number of rotatable bonds is 9. The Morgan fingerprint density at radius 2 is 1.76 bits per heavy atom. The zero-order valence-corrected chi connectivity index (χ0v) is 23.4. The number of thiophene rings is 1. The van der Waals surface area contributed by atoms with Crippen LogP contribution in [0.15, 0.2) is 59.7 Å². The largest absolute Gasteiger partial charge is 0.493 e. The number of methoxy groups -OCH3 is 1. The van der Waals surface area contributed by atoms with Crippen LogP contribution in [0.2, 0.25) is 0 Å². The van der Waals surface area contributed by atoms with Crippen molar-refractivity contribution >= 4 is 52.4 Å². The minimum absolute atomic E-state index is 0.200. The molecule has 0 unspecified atom stereocenters. The fraction of sp³-hybridized carbons (Fsp3) is 0.233. The molecule has 1 heterocycles. The summed E-state index contributed by atoms with van der Waals surface area (Å²) in [5, 5.41) is 6.68. The summed E-state index contributed by atoms with van der Waals surface area (Å²) in [5.74, 6) is -2.60. The lowest BCUT2D eigenvalue weighted by Gasteiger charge is -2.12. The Kier molecular flexibility index (Phi) is 10.0. The van der Waals surface area contributed by atoms with Gasteiger partial charge in [-0.05, 0) is 73.6 Å². The summed E-state index contributed by atoms with van der Waals surface area (Å²) in [6.45, 7) is 1.91. The third kappa shape index (κ3) is 7.67. The molecule has 11 heteroatoms. The molecule has 10 nitrogen and oxygen atoms in total. The highest BCUT2D eigenvalue weighted by atomic mass is 32.1. The number of benzene rings is 2. The minimum Gasteiger partial charge on any atom is -0.493 e. The van der Waals surface area contributed by atoms with Crippen molar-refractivity contribution in [1.29, 1.82) is 0 Å². The Hall–Kier alpha value is -4.77. The smallest absolute Gasteiger partial charge is 0.341 e. The van der Waals surface area contributed by atoms with Gasteiger partial charge >= 0.3 is 23.8 Å². The SMILES string of the molecule is CCOC(=O)c1c(NC(=O)C(=O)N/N=C\c2ccc(OC(=O)/C=C/c3ccccc3)c(OC)c2)sc2c1CCCC2. The highest BCUT2D eigenvalue weighted by Gasteiger charge is 2.28. The standard InChI is InChI=1S/C30H29N3O7S/c1-3-39-30(37)26-21-11-7-8-12-24(21)41-29(26)32-27(35)28(36)33-31-18-20-13-15-22(23(17-20)38-2)40-25(34)16-14-19-9-5-4-6-10-19/h4-6,9-10,13-18H,3,7-8,11-12H2,1-2H3,(H,32,35)(H,33,36)/b16-14+,31-18-. The molecule has 0 spiro atoms. The molecule has 0 atom stereocenters. The van der Waals surface area contributed by atoms with Crippen molar-refractivity contribution in [2.24, 2.45) is 5.10 Å². The molecule has 1 aliphatic rings. The van der Waals surface area contributed by atoms with Gasteiger partial charge in [-0.25, -0.2) is 15.0 Å². The number of esters is 2. The summed E-state index contributed by atoms with van der Waals surface area (Å²) in [4.78, 5) is 50.8. The Balaban J connectivity index is 1.36. The highest BCUT2D eigenvalue weighted by molar-refractivity contribution is 7.17. The molecule has 4 rings (SSSR count). The van der Waals surface area contributed by atoms with E-state index in [1.807, 2.05) is 30.3 Å². The van der Waals surface area contributed by atoms with E-state index in [0.717, 1.165) is 41.7 Å². The number of hydrogen-bond donors (Lipinski definition) is 2. The van der Waals surface area contributed by atoms with Crippen molar-refractivity contribution in [3.05, 3.63) is 81.7 Å². The number of hydrogen-bond acceptors (Lipinski definition) is 9. The topological polar surface area (TPSA) is 132 Å². The number of nitrogens with one attached hydrogen (secondary N) is 2. The molecule has 1 aliphatic carbocycles. The lowest BCUT2D eigenvalue weighted by molar-refractivity contribution is -0.136. The van der Waals surface area contributed by atoms with Gasteiger partial charge in [-0.2, -0.15) is 5.10 Å². The summed E-state index contributed by atoms with van der Waals surface area (Å²) < 4.78 is 15.9. The zero-order valence-electron chi connectivity index (χ0n) is 22.6. The van der Waals surface area contributed by atoms with E-state index in [0.29, 0.717) is 16.1 Å². The molecule has 3 aromatic rings. The molecular weight excluding hydrogens is 546 g/mol. The first-order valence-electron chi connectivity index (χ1n) is 13.0. The van der Waals surface area contributed by atoms with E-state index in [1.54, 1.807) is 25.1 Å². The number of carbonyl (C=O) groups is 4. The maximum Gasteiger partial charge on any atom is 0.341 e. The quantitative estimate of drug-likeness (QED) is 0.0957. The molecule has 212 valence electrons. The van der Waals surface area contributed by atoms with Crippen LogP contribution in [-0.4, -0.2) is 43.7 Å². The highest BCUT2D eigenvalue weighted by Crippen LogP contribution is 2.38. The minimum atomic E-state index is -1.01. The number of amides is 2. The number of aryl methyl sites for hydroxylation is 1. The van der Waals surface area contributed by atoms with Gasteiger partial charge in [0.25, 0.3) is 0 Å². The number of anilines is 1. The van der Waals surface area contributed by atoms with Gasteiger partial charge in [0.1, 0.15) is 5.00 Å². The Bertz CT molecular complexity index is 1500. The van der Waals surface area contributed by atoms with E-state index in [1.165, 1.54) is 36.8 Å². The van der Waals surface area contributed by atoms with E-state index in [9.17, 15) is 19.2 Å². The molecule has 0 saturated heterocycles. The Morgan fingerprint density at radius 1 is 0.976 bits per heavy atom. The second kappa shape index (κ2) is 14.0. The summed E-state index contributed by atoms with van der Waals surface area (Å²) in [6.07, 6.45) is 7.73. The average molecular weight is 576 g/mol. The average Bonchev–Trinajstić information content (AvgIpc) is 3.35. The van der Waals surface area contributed by atoms with Crippen molar-refractivity contribution < 1.29 is 33.4 Å². The van der Waals surface area contributed by atoms with Crippen LogP contribution in [0.4, 0.5) is 5.00 Å². The van der Waals surface area contributed by atoms with E-state index in [-0.39, 0.29) is 18.1 Å². The van der Waals surface area contributed by atoms with E-state index in [4.69, 9.17) is 14.2 Å². The van der Waals surface area contributed by atoms with E-state index >= 15 is 0 Å². The molecule has 0 fully saturated rings. The predicted molar refractivity (Wildman–Crippen MR) is 155 cm³/mol. The Morgan fingerprint density at radius 3 is 2.51 bits per heavy atom. The number of fused-ring (bicyclic) bond motifs is 1. The summed E-state index contributed by atoms with van der Waals surface area (Å²) in [6, 6.07) is 14.0. The van der Waals surface area contributed by atoms with Gasteiger partial charge in [0, 0.05) is 11.0 Å². The van der Waals surface area contributed by atoms with Crippen LogP contribution in [0.5, 0.6) is 11.5 Å². The molecule has 0 saturated carbocycles. The third-order valence-corrected chi connectivity index (χ3v) is 7.28. The van der Waals surface area contributed by atoms with Gasteiger partial charge in [-0.3, -0.25) is 9.59 Å². The van der Waals surface area contributed by atoms with Crippen molar-refractivity contribution in [1.82, 2.24) is 5.43 Å². The maximum absolute atomic E-state index is 12.6. The van der Waals surface area contributed by atoms with Gasteiger partial charge in [0.05, 0.1) is 25.5 Å².